The van der Waals surface area contributed by atoms with Crippen molar-refractivity contribution in [1.82, 2.24) is 20.2 Å². The molecule has 1 saturated carbocycles. The third kappa shape index (κ3) is 3.24. The van der Waals surface area contributed by atoms with Crippen molar-refractivity contribution >= 4 is 11.6 Å². The molecule has 0 atom stereocenters. The Hall–Kier alpha value is -2.24. The first-order valence-corrected chi connectivity index (χ1v) is 9.57. The van der Waals surface area contributed by atoms with Crippen LogP contribution in [-0.4, -0.2) is 46.3 Å². The van der Waals surface area contributed by atoms with Gasteiger partial charge in [0.05, 0.1) is 11.7 Å². The summed E-state index contributed by atoms with van der Waals surface area (Å²) in [6, 6.07) is 6.64. The molecule has 6 nitrogen and oxygen atoms in total. The molecule has 2 aromatic heterocycles. The molecule has 2 aromatic rings. The Morgan fingerprint density at radius 3 is 2.42 bits per heavy atom. The second kappa shape index (κ2) is 6.49. The first-order chi connectivity index (χ1) is 12.4. The highest BCUT2D eigenvalue weighted by Crippen LogP contribution is 2.35. The van der Waals surface area contributed by atoms with Gasteiger partial charge in [0.1, 0.15) is 11.6 Å². The van der Waals surface area contributed by atoms with E-state index in [-0.39, 0.29) is 5.41 Å². The summed E-state index contributed by atoms with van der Waals surface area (Å²) < 4.78 is 0. The van der Waals surface area contributed by atoms with Crippen molar-refractivity contribution in [3.8, 4) is 0 Å². The van der Waals surface area contributed by atoms with Crippen molar-refractivity contribution in [3.05, 3.63) is 35.9 Å². The lowest BCUT2D eigenvalue weighted by Gasteiger charge is -2.45. The SMILES string of the molecule is CN(c1ccnc(C2CCC2)n1)C1CN(c2ccc(C(C)(C)C)nn2)C1. The summed E-state index contributed by atoms with van der Waals surface area (Å²) in [6.45, 7) is 8.37. The number of likely N-dealkylation sites (N-methyl/N-ethyl adjacent to an activating group) is 1. The maximum atomic E-state index is 4.80. The molecule has 4 rings (SSSR count). The van der Waals surface area contributed by atoms with Crippen molar-refractivity contribution in [1.29, 1.82) is 0 Å². The molecule has 0 N–H and O–H groups in total. The average Bonchev–Trinajstić information content (AvgIpc) is 2.52. The largest absolute Gasteiger partial charge is 0.353 e. The van der Waals surface area contributed by atoms with Crippen LogP contribution in [-0.2, 0) is 5.41 Å². The van der Waals surface area contributed by atoms with E-state index in [2.05, 4.69) is 64.9 Å². The normalized spacial score (nSPS) is 18.4. The van der Waals surface area contributed by atoms with Crippen LogP contribution in [0.4, 0.5) is 11.6 Å². The Morgan fingerprint density at radius 2 is 1.85 bits per heavy atom. The van der Waals surface area contributed by atoms with E-state index >= 15 is 0 Å². The average molecular weight is 352 g/mol. The molecular formula is C20H28N6. The van der Waals surface area contributed by atoms with Gasteiger partial charge in [0.15, 0.2) is 5.82 Å². The molecule has 2 aliphatic rings. The maximum absolute atomic E-state index is 4.80. The Labute approximate surface area is 155 Å². The van der Waals surface area contributed by atoms with Gasteiger partial charge in [-0.15, -0.1) is 5.10 Å². The first kappa shape index (κ1) is 17.2. The molecule has 0 spiro atoms. The smallest absolute Gasteiger partial charge is 0.151 e. The Balaban J connectivity index is 1.38. The van der Waals surface area contributed by atoms with Gasteiger partial charge in [-0.2, -0.15) is 5.10 Å². The monoisotopic (exact) mass is 352 g/mol. The molecule has 1 aliphatic carbocycles. The number of aromatic nitrogens is 4. The highest BCUT2D eigenvalue weighted by atomic mass is 15.4. The molecule has 0 unspecified atom stereocenters. The summed E-state index contributed by atoms with van der Waals surface area (Å²) in [6.07, 6.45) is 5.67. The third-order valence-corrected chi connectivity index (χ3v) is 5.64. The van der Waals surface area contributed by atoms with Gasteiger partial charge in [0.2, 0.25) is 0 Å². The molecule has 1 saturated heterocycles. The van der Waals surface area contributed by atoms with Crippen LogP contribution in [0.3, 0.4) is 0 Å². The molecule has 2 fully saturated rings. The molecule has 0 radical (unpaired) electrons. The highest BCUT2D eigenvalue weighted by Gasteiger charge is 2.32. The molecular weight excluding hydrogens is 324 g/mol. The predicted molar refractivity (Wildman–Crippen MR) is 104 cm³/mol. The van der Waals surface area contributed by atoms with Crippen molar-refractivity contribution in [2.45, 2.75) is 57.4 Å². The zero-order valence-corrected chi connectivity index (χ0v) is 16.2. The summed E-state index contributed by atoms with van der Waals surface area (Å²) in [4.78, 5) is 13.8. The number of hydrogen-bond acceptors (Lipinski definition) is 6. The Bertz CT molecular complexity index is 757. The molecule has 0 bridgehead atoms. The minimum Gasteiger partial charge on any atom is -0.353 e. The second-order valence-corrected chi connectivity index (χ2v) is 8.60. The summed E-state index contributed by atoms with van der Waals surface area (Å²) in [5.74, 6) is 3.57. The van der Waals surface area contributed by atoms with Gasteiger partial charge in [-0.25, -0.2) is 9.97 Å². The quantitative estimate of drug-likeness (QED) is 0.842. The summed E-state index contributed by atoms with van der Waals surface area (Å²) in [5.41, 5.74) is 1.06. The third-order valence-electron chi connectivity index (χ3n) is 5.64. The lowest BCUT2D eigenvalue weighted by Crippen LogP contribution is -2.59. The van der Waals surface area contributed by atoms with E-state index in [9.17, 15) is 0 Å². The van der Waals surface area contributed by atoms with Gasteiger partial charge < -0.3 is 9.80 Å². The van der Waals surface area contributed by atoms with Gasteiger partial charge in [0, 0.05) is 37.7 Å². The number of hydrogen-bond donors (Lipinski definition) is 0. The van der Waals surface area contributed by atoms with Gasteiger partial charge in [0.25, 0.3) is 0 Å². The van der Waals surface area contributed by atoms with Gasteiger partial charge in [-0.1, -0.05) is 27.2 Å². The van der Waals surface area contributed by atoms with Crippen molar-refractivity contribution in [3.63, 3.8) is 0 Å². The van der Waals surface area contributed by atoms with Crippen LogP contribution >= 0.6 is 0 Å². The molecule has 0 amide bonds. The molecule has 138 valence electrons. The Kier molecular flexibility index (Phi) is 4.29. The van der Waals surface area contributed by atoms with Crippen LogP contribution < -0.4 is 9.80 Å². The highest BCUT2D eigenvalue weighted by molar-refractivity contribution is 5.47. The molecule has 0 aromatic carbocycles. The molecule has 26 heavy (non-hydrogen) atoms. The first-order valence-electron chi connectivity index (χ1n) is 9.57. The van der Waals surface area contributed by atoms with Crippen LogP contribution in [0.25, 0.3) is 0 Å². The number of anilines is 2. The topological polar surface area (TPSA) is 58.0 Å². The lowest BCUT2D eigenvalue weighted by molar-refractivity contribution is 0.400. The van der Waals surface area contributed by atoms with Crippen molar-refractivity contribution < 1.29 is 0 Å². The van der Waals surface area contributed by atoms with E-state index in [0.29, 0.717) is 12.0 Å². The minimum absolute atomic E-state index is 0.0361. The summed E-state index contributed by atoms with van der Waals surface area (Å²) in [5, 5.41) is 8.82. The van der Waals surface area contributed by atoms with Crippen LogP contribution in [0.1, 0.15) is 57.5 Å². The predicted octanol–water partition coefficient (Wildman–Crippen LogP) is 3.16. The zero-order chi connectivity index (χ0) is 18.3. The van der Waals surface area contributed by atoms with E-state index in [1.54, 1.807) is 0 Å². The van der Waals surface area contributed by atoms with Crippen LogP contribution in [0.15, 0.2) is 24.4 Å². The van der Waals surface area contributed by atoms with E-state index in [1.807, 2.05) is 12.3 Å². The zero-order valence-electron chi connectivity index (χ0n) is 16.2. The Morgan fingerprint density at radius 1 is 1.08 bits per heavy atom. The summed E-state index contributed by atoms with van der Waals surface area (Å²) >= 11 is 0. The van der Waals surface area contributed by atoms with Crippen molar-refractivity contribution in [2.24, 2.45) is 0 Å². The summed E-state index contributed by atoms with van der Waals surface area (Å²) in [7, 11) is 2.13. The number of rotatable bonds is 4. The number of nitrogens with zero attached hydrogens (tertiary/aromatic N) is 6. The van der Waals surface area contributed by atoms with Crippen molar-refractivity contribution in [2.75, 3.05) is 29.9 Å². The van der Waals surface area contributed by atoms with Crippen LogP contribution in [0, 0.1) is 0 Å². The minimum atomic E-state index is 0.0361. The standard InChI is InChI=1S/C20H28N6/c1-20(2,3)16-8-9-18(24-23-16)26-12-15(13-26)25(4)17-10-11-21-19(22-17)14-6-5-7-14/h8-11,14-15H,5-7,12-13H2,1-4H3. The van der Waals surface area contributed by atoms with E-state index in [4.69, 9.17) is 4.98 Å². The van der Waals surface area contributed by atoms with Gasteiger partial charge in [-0.3, -0.25) is 0 Å². The van der Waals surface area contributed by atoms with Crippen LogP contribution in [0.2, 0.25) is 0 Å². The van der Waals surface area contributed by atoms with E-state index in [0.717, 1.165) is 36.2 Å². The van der Waals surface area contributed by atoms with E-state index < -0.39 is 0 Å². The maximum Gasteiger partial charge on any atom is 0.151 e. The fourth-order valence-corrected chi connectivity index (χ4v) is 3.39. The second-order valence-electron chi connectivity index (χ2n) is 8.60. The fraction of sp³-hybridized carbons (Fsp3) is 0.600. The van der Waals surface area contributed by atoms with Crippen LogP contribution in [0.5, 0.6) is 0 Å². The van der Waals surface area contributed by atoms with Gasteiger partial charge in [-0.05, 0) is 31.0 Å². The molecule has 1 aliphatic heterocycles. The molecule has 3 heterocycles. The van der Waals surface area contributed by atoms with Gasteiger partial charge >= 0.3 is 0 Å². The lowest BCUT2D eigenvalue weighted by atomic mass is 9.85. The fourth-order valence-electron chi connectivity index (χ4n) is 3.39. The van der Waals surface area contributed by atoms with E-state index in [1.165, 1.54) is 19.3 Å². The molecule has 6 heteroatoms.